The number of nitrogens with zero attached hydrogens (tertiary/aromatic N) is 2. The van der Waals surface area contributed by atoms with E-state index in [0.717, 1.165) is 12.5 Å². The van der Waals surface area contributed by atoms with E-state index in [-0.39, 0.29) is 5.69 Å². The van der Waals surface area contributed by atoms with Gasteiger partial charge in [-0.05, 0) is 24.6 Å². The van der Waals surface area contributed by atoms with Gasteiger partial charge in [-0.3, -0.25) is 0 Å². The van der Waals surface area contributed by atoms with Gasteiger partial charge in [0.15, 0.2) is 5.69 Å². The van der Waals surface area contributed by atoms with Crippen molar-refractivity contribution in [2.75, 3.05) is 12.3 Å². The van der Waals surface area contributed by atoms with Crippen LogP contribution in [0.25, 0.3) is 11.3 Å². The van der Waals surface area contributed by atoms with Crippen LogP contribution in [-0.4, -0.2) is 16.6 Å². The summed E-state index contributed by atoms with van der Waals surface area (Å²) >= 11 is 0. The fraction of sp³-hybridized carbons (Fsp3) is 0.286. The molecule has 0 aliphatic rings. The topological polar surface area (TPSA) is 61.0 Å². The quantitative estimate of drug-likeness (QED) is 0.937. The molecule has 0 aliphatic heterocycles. The number of aromatic nitrogens is 2. The zero-order valence-electron chi connectivity index (χ0n) is 11.3. The Morgan fingerprint density at radius 1 is 1.19 bits per heavy atom. The molecule has 2 aromatic rings. The number of para-hydroxylation sites is 1. The van der Waals surface area contributed by atoms with E-state index >= 15 is 0 Å². The molecule has 0 spiro atoms. The van der Waals surface area contributed by atoms with E-state index in [0.29, 0.717) is 17.9 Å². The Bertz CT molecular complexity index is 629. The van der Waals surface area contributed by atoms with Crippen LogP contribution in [0.15, 0.2) is 30.3 Å². The lowest BCUT2D eigenvalue weighted by atomic mass is 10.1. The van der Waals surface area contributed by atoms with Crippen molar-refractivity contribution in [1.29, 1.82) is 0 Å². The maximum Gasteiger partial charge on any atom is 0.433 e. The van der Waals surface area contributed by atoms with Crippen molar-refractivity contribution >= 4 is 5.95 Å². The van der Waals surface area contributed by atoms with E-state index in [1.807, 2.05) is 6.92 Å². The molecule has 0 atom stereocenters. The first-order chi connectivity index (χ1) is 9.91. The molecular weight excluding hydrogens is 283 g/mol. The smallest absolute Gasteiger partial charge is 0.433 e. The average molecular weight is 297 g/mol. The molecule has 0 unspecified atom stereocenters. The number of rotatable bonds is 4. The van der Waals surface area contributed by atoms with Gasteiger partial charge in [0.2, 0.25) is 5.95 Å². The maximum atomic E-state index is 12.8. The van der Waals surface area contributed by atoms with Crippen LogP contribution in [0, 0.1) is 0 Å². The molecular formula is C14H14F3N3O. The summed E-state index contributed by atoms with van der Waals surface area (Å²) in [4.78, 5) is 7.10. The summed E-state index contributed by atoms with van der Waals surface area (Å²) in [6.45, 7) is 2.40. The van der Waals surface area contributed by atoms with Crippen LogP contribution in [0.5, 0.6) is 5.75 Å². The largest absolute Gasteiger partial charge is 0.493 e. The highest BCUT2D eigenvalue weighted by Gasteiger charge is 2.33. The molecule has 112 valence electrons. The zero-order chi connectivity index (χ0) is 15.5. The molecule has 0 fully saturated rings. The number of benzene rings is 1. The lowest BCUT2D eigenvalue weighted by Gasteiger charge is -2.12. The number of hydrogen-bond donors (Lipinski definition) is 1. The molecule has 1 heterocycles. The van der Waals surface area contributed by atoms with Gasteiger partial charge in [-0.1, -0.05) is 19.1 Å². The van der Waals surface area contributed by atoms with Crippen LogP contribution in [0.2, 0.25) is 0 Å². The van der Waals surface area contributed by atoms with Gasteiger partial charge in [0, 0.05) is 5.56 Å². The molecule has 2 N–H and O–H groups in total. The molecule has 0 bridgehead atoms. The van der Waals surface area contributed by atoms with Crippen LogP contribution in [-0.2, 0) is 6.18 Å². The Morgan fingerprint density at radius 2 is 1.90 bits per heavy atom. The van der Waals surface area contributed by atoms with Gasteiger partial charge in [-0.2, -0.15) is 13.2 Å². The lowest BCUT2D eigenvalue weighted by molar-refractivity contribution is -0.141. The first kappa shape index (κ1) is 15.1. The molecule has 0 aliphatic carbocycles. The Balaban J connectivity index is 2.49. The van der Waals surface area contributed by atoms with Crippen molar-refractivity contribution in [3.05, 3.63) is 36.0 Å². The minimum atomic E-state index is -4.58. The number of hydrogen-bond acceptors (Lipinski definition) is 4. The fourth-order valence-electron chi connectivity index (χ4n) is 1.77. The van der Waals surface area contributed by atoms with Crippen LogP contribution in [0.3, 0.4) is 0 Å². The summed E-state index contributed by atoms with van der Waals surface area (Å²) in [5.41, 5.74) is 4.84. The molecule has 7 heteroatoms. The summed E-state index contributed by atoms with van der Waals surface area (Å²) in [5.74, 6) is 0.0377. The summed E-state index contributed by atoms with van der Waals surface area (Å²) in [6.07, 6.45) is -3.79. The standard InChI is InChI=1S/C14H14F3N3O/c1-2-7-21-11-6-4-3-5-9(11)10-8-12(14(15,16)17)20-13(18)19-10/h3-6,8H,2,7H2,1H3,(H2,18,19,20). The van der Waals surface area contributed by atoms with E-state index in [4.69, 9.17) is 10.5 Å². The predicted octanol–water partition coefficient (Wildman–Crippen LogP) is 3.53. The summed E-state index contributed by atoms with van der Waals surface area (Å²) < 4.78 is 43.9. The van der Waals surface area contributed by atoms with Gasteiger partial charge in [0.25, 0.3) is 0 Å². The molecule has 0 radical (unpaired) electrons. The first-order valence-electron chi connectivity index (χ1n) is 6.35. The predicted molar refractivity (Wildman–Crippen MR) is 72.7 cm³/mol. The second-order valence-corrected chi connectivity index (χ2v) is 4.34. The van der Waals surface area contributed by atoms with Crippen LogP contribution in [0.4, 0.5) is 19.1 Å². The normalized spacial score (nSPS) is 11.4. The van der Waals surface area contributed by atoms with E-state index in [9.17, 15) is 13.2 Å². The van der Waals surface area contributed by atoms with Crippen LogP contribution >= 0.6 is 0 Å². The summed E-state index contributed by atoms with van der Waals surface area (Å²) in [5, 5.41) is 0. The second kappa shape index (κ2) is 5.99. The Kier molecular flexibility index (Phi) is 4.30. The zero-order valence-corrected chi connectivity index (χ0v) is 11.3. The first-order valence-corrected chi connectivity index (χ1v) is 6.35. The van der Waals surface area contributed by atoms with Crippen LogP contribution < -0.4 is 10.5 Å². The van der Waals surface area contributed by atoms with Crippen molar-refractivity contribution < 1.29 is 17.9 Å². The van der Waals surface area contributed by atoms with Gasteiger partial charge >= 0.3 is 6.18 Å². The lowest BCUT2D eigenvalue weighted by Crippen LogP contribution is -2.11. The highest BCUT2D eigenvalue weighted by Crippen LogP contribution is 2.33. The molecule has 4 nitrogen and oxygen atoms in total. The van der Waals surface area contributed by atoms with Gasteiger partial charge in [-0.15, -0.1) is 0 Å². The number of halogens is 3. The molecule has 2 rings (SSSR count). The average Bonchev–Trinajstić information content (AvgIpc) is 2.44. The summed E-state index contributed by atoms with van der Waals surface area (Å²) in [7, 11) is 0. The number of nitrogens with two attached hydrogens (primary N) is 1. The van der Waals surface area contributed by atoms with Crippen molar-refractivity contribution in [1.82, 2.24) is 9.97 Å². The highest BCUT2D eigenvalue weighted by atomic mass is 19.4. The van der Waals surface area contributed by atoms with E-state index in [1.54, 1.807) is 24.3 Å². The second-order valence-electron chi connectivity index (χ2n) is 4.34. The van der Waals surface area contributed by atoms with Gasteiger partial charge in [-0.25, -0.2) is 9.97 Å². The molecule has 21 heavy (non-hydrogen) atoms. The highest BCUT2D eigenvalue weighted by molar-refractivity contribution is 5.68. The van der Waals surface area contributed by atoms with Crippen molar-refractivity contribution in [2.45, 2.75) is 19.5 Å². The molecule has 1 aromatic carbocycles. The van der Waals surface area contributed by atoms with E-state index < -0.39 is 17.8 Å². The van der Waals surface area contributed by atoms with Crippen LogP contribution in [0.1, 0.15) is 19.0 Å². The van der Waals surface area contributed by atoms with Crippen molar-refractivity contribution in [3.63, 3.8) is 0 Å². The molecule has 0 saturated carbocycles. The SMILES string of the molecule is CCCOc1ccccc1-c1cc(C(F)(F)F)nc(N)n1. The van der Waals surface area contributed by atoms with Gasteiger partial charge in [0.05, 0.1) is 12.3 Å². The molecule has 0 amide bonds. The molecule has 1 aromatic heterocycles. The van der Waals surface area contributed by atoms with Gasteiger partial charge < -0.3 is 10.5 Å². The number of nitrogen functional groups attached to an aromatic ring is 1. The third-order valence-electron chi connectivity index (χ3n) is 2.66. The maximum absolute atomic E-state index is 12.8. The number of alkyl halides is 3. The van der Waals surface area contributed by atoms with Gasteiger partial charge in [0.1, 0.15) is 5.75 Å². The third-order valence-corrected chi connectivity index (χ3v) is 2.66. The van der Waals surface area contributed by atoms with E-state index in [2.05, 4.69) is 9.97 Å². The van der Waals surface area contributed by atoms with Crippen molar-refractivity contribution in [3.8, 4) is 17.0 Å². The Morgan fingerprint density at radius 3 is 2.57 bits per heavy atom. The third kappa shape index (κ3) is 3.62. The van der Waals surface area contributed by atoms with E-state index in [1.165, 1.54) is 0 Å². The minimum absolute atomic E-state index is 0.0847. The Hall–Kier alpha value is -2.31. The number of ether oxygens (including phenoxy) is 1. The fourth-order valence-corrected chi connectivity index (χ4v) is 1.77. The minimum Gasteiger partial charge on any atom is -0.493 e. The molecule has 0 saturated heterocycles. The number of anilines is 1. The van der Waals surface area contributed by atoms with Crippen molar-refractivity contribution in [2.24, 2.45) is 0 Å². The Labute approximate surface area is 119 Å². The monoisotopic (exact) mass is 297 g/mol. The summed E-state index contributed by atoms with van der Waals surface area (Å²) in [6, 6.07) is 7.61.